The van der Waals surface area contributed by atoms with E-state index < -0.39 is 0 Å². The summed E-state index contributed by atoms with van der Waals surface area (Å²) >= 11 is 3.29. The van der Waals surface area contributed by atoms with Crippen molar-refractivity contribution in [3.63, 3.8) is 0 Å². The van der Waals surface area contributed by atoms with E-state index in [1.807, 2.05) is 18.3 Å². The van der Waals surface area contributed by atoms with Crippen molar-refractivity contribution in [2.45, 2.75) is 6.92 Å². The molecule has 13 heavy (non-hydrogen) atoms. The summed E-state index contributed by atoms with van der Waals surface area (Å²) in [5, 5.41) is 0. The van der Waals surface area contributed by atoms with Crippen molar-refractivity contribution in [1.82, 2.24) is 9.97 Å². The molecule has 1 aromatic heterocycles. The molecule has 0 fully saturated rings. The van der Waals surface area contributed by atoms with Crippen LogP contribution in [0.2, 0.25) is 0 Å². The lowest BCUT2D eigenvalue weighted by atomic mass is 10.1. The van der Waals surface area contributed by atoms with Gasteiger partial charge in [0.15, 0.2) is 4.73 Å². The van der Waals surface area contributed by atoms with Crippen molar-refractivity contribution in [2.75, 3.05) is 0 Å². The van der Waals surface area contributed by atoms with Crippen molar-refractivity contribution in [1.29, 1.82) is 0 Å². The first-order chi connectivity index (χ1) is 6.27. The maximum atomic E-state index is 4.10. The summed E-state index contributed by atoms with van der Waals surface area (Å²) < 4.78 is 0.769. The molecule has 2 rings (SSSR count). The molecular weight excluding hydrogens is 228 g/mol. The molecule has 0 bridgehead atoms. The van der Waals surface area contributed by atoms with Crippen LogP contribution in [0, 0.1) is 6.92 Å². The molecule has 0 aliphatic heterocycles. The first-order valence-electron chi connectivity index (χ1n) is 4.04. The molecule has 1 N–H and O–H groups in total. The molecule has 0 aliphatic rings. The highest BCUT2D eigenvalue weighted by molar-refractivity contribution is 9.10. The van der Waals surface area contributed by atoms with E-state index >= 15 is 0 Å². The van der Waals surface area contributed by atoms with Crippen LogP contribution in [0.3, 0.4) is 0 Å². The zero-order valence-corrected chi connectivity index (χ0v) is 8.80. The molecule has 2 aromatic rings. The highest BCUT2D eigenvalue weighted by atomic mass is 79.9. The Hall–Kier alpha value is -1.09. The zero-order valence-electron chi connectivity index (χ0n) is 7.21. The number of benzene rings is 1. The average molecular weight is 237 g/mol. The number of aryl methyl sites for hydroxylation is 1. The summed E-state index contributed by atoms with van der Waals surface area (Å²) in [5.74, 6) is 0. The van der Waals surface area contributed by atoms with E-state index in [-0.39, 0.29) is 0 Å². The van der Waals surface area contributed by atoms with Gasteiger partial charge >= 0.3 is 0 Å². The number of halogens is 1. The van der Waals surface area contributed by atoms with Gasteiger partial charge in [-0.25, -0.2) is 4.98 Å². The Morgan fingerprint density at radius 2 is 2.08 bits per heavy atom. The van der Waals surface area contributed by atoms with Gasteiger partial charge in [0.1, 0.15) is 0 Å². The number of hydrogen-bond donors (Lipinski definition) is 1. The molecule has 0 aliphatic carbocycles. The zero-order chi connectivity index (χ0) is 9.26. The van der Waals surface area contributed by atoms with Gasteiger partial charge < -0.3 is 4.98 Å². The van der Waals surface area contributed by atoms with Crippen molar-refractivity contribution in [3.8, 4) is 11.3 Å². The van der Waals surface area contributed by atoms with Crippen molar-refractivity contribution in [3.05, 3.63) is 40.8 Å². The topological polar surface area (TPSA) is 28.7 Å². The molecule has 2 nitrogen and oxygen atoms in total. The number of imidazole rings is 1. The van der Waals surface area contributed by atoms with E-state index in [0.717, 1.165) is 10.4 Å². The maximum Gasteiger partial charge on any atom is 0.174 e. The third-order valence-corrected chi connectivity index (χ3v) is 2.38. The van der Waals surface area contributed by atoms with Gasteiger partial charge in [0.25, 0.3) is 0 Å². The van der Waals surface area contributed by atoms with E-state index in [1.165, 1.54) is 11.1 Å². The predicted molar refractivity (Wildman–Crippen MR) is 56.5 cm³/mol. The predicted octanol–water partition coefficient (Wildman–Crippen LogP) is 3.15. The third-order valence-electron chi connectivity index (χ3n) is 1.98. The van der Waals surface area contributed by atoms with E-state index in [2.05, 4.69) is 45.0 Å². The molecule has 1 aromatic carbocycles. The SMILES string of the molecule is Cc1ccccc1-c1cnc(Br)[nH]1. The molecule has 0 spiro atoms. The van der Waals surface area contributed by atoms with E-state index in [9.17, 15) is 0 Å². The second kappa shape index (κ2) is 3.34. The molecule has 0 saturated carbocycles. The second-order valence-corrected chi connectivity index (χ2v) is 3.65. The van der Waals surface area contributed by atoms with Crippen molar-refractivity contribution < 1.29 is 0 Å². The summed E-state index contributed by atoms with van der Waals surface area (Å²) in [4.78, 5) is 7.23. The van der Waals surface area contributed by atoms with Gasteiger partial charge in [0.2, 0.25) is 0 Å². The minimum atomic E-state index is 0.769. The largest absolute Gasteiger partial charge is 0.333 e. The number of H-pyrrole nitrogens is 1. The van der Waals surface area contributed by atoms with E-state index in [0.29, 0.717) is 0 Å². The molecule has 3 heteroatoms. The van der Waals surface area contributed by atoms with Gasteiger partial charge in [0.05, 0.1) is 11.9 Å². The quantitative estimate of drug-likeness (QED) is 0.810. The first kappa shape index (κ1) is 8.51. The van der Waals surface area contributed by atoms with Crippen LogP contribution in [0.15, 0.2) is 35.2 Å². The molecule has 0 atom stereocenters. The number of nitrogens with one attached hydrogen (secondary N) is 1. The van der Waals surface area contributed by atoms with Crippen LogP contribution in [0.25, 0.3) is 11.3 Å². The molecule has 0 saturated heterocycles. The Balaban J connectivity index is 2.52. The summed E-state index contributed by atoms with van der Waals surface area (Å²) in [6, 6.07) is 8.22. The Morgan fingerprint density at radius 3 is 2.69 bits per heavy atom. The summed E-state index contributed by atoms with van der Waals surface area (Å²) in [6.07, 6.45) is 1.83. The number of aromatic amines is 1. The fourth-order valence-electron chi connectivity index (χ4n) is 1.31. The summed E-state index contributed by atoms with van der Waals surface area (Å²) in [7, 11) is 0. The maximum absolute atomic E-state index is 4.10. The Bertz CT molecular complexity index is 420. The minimum absolute atomic E-state index is 0.769. The lowest BCUT2D eigenvalue weighted by molar-refractivity contribution is 1.24. The Morgan fingerprint density at radius 1 is 1.31 bits per heavy atom. The van der Waals surface area contributed by atoms with Crippen LogP contribution in [0.1, 0.15) is 5.56 Å². The summed E-state index contributed by atoms with van der Waals surface area (Å²) in [5.41, 5.74) is 3.49. The van der Waals surface area contributed by atoms with Crippen LogP contribution in [0.4, 0.5) is 0 Å². The van der Waals surface area contributed by atoms with Crippen LogP contribution in [-0.4, -0.2) is 9.97 Å². The number of rotatable bonds is 1. The van der Waals surface area contributed by atoms with Gasteiger partial charge in [-0.2, -0.15) is 0 Å². The van der Waals surface area contributed by atoms with Gasteiger partial charge in [0, 0.05) is 5.56 Å². The van der Waals surface area contributed by atoms with Crippen molar-refractivity contribution >= 4 is 15.9 Å². The lowest BCUT2D eigenvalue weighted by Gasteiger charge is -2.00. The number of hydrogen-bond acceptors (Lipinski definition) is 1. The van der Waals surface area contributed by atoms with Crippen LogP contribution in [-0.2, 0) is 0 Å². The third kappa shape index (κ3) is 1.65. The monoisotopic (exact) mass is 236 g/mol. The van der Waals surface area contributed by atoms with Crippen LogP contribution < -0.4 is 0 Å². The van der Waals surface area contributed by atoms with Gasteiger partial charge in [-0.05, 0) is 28.4 Å². The van der Waals surface area contributed by atoms with Crippen molar-refractivity contribution in [2.24, 2.45) is 0 Å². The average Bonchev–Trinajstić information content (AvgIpc) is 2.53. The summed E-state index contributed by atoms with van der Waals surface area (Å²) in [6.45, 7) is 2.09. The van der Waals surface area contributed by atoms with Crippen LogP contribution in [0.5, 0.6) is 0 Å². The highest BCUT2D eigenvalue weighted by Gasteiger charge is 2.02. The van der Waals surface area contributed by atoms with Crippen LogP contribution >= 0.6 is 15.9 Å². The molecule has 0 unspecified atom stereocenters. The molecular formula is C10H9BrN2. The standard InChI is InChI=1S/C10H9BrN2/c1-7-4-2-3-5-8(7)9-6-12-10(11)13-9/h2-6H,1H3,(H,12,13). The van der Waals surface area contributed by atoms with E-state index in [4.69, 9.17) is 0 Å². The smallest absolute Gasteiger partial charge is 0.174 e. The number of nitrogens with zero attached hydrogens (tertiary/aromatic N) is 1. The Labute approximate surface area is 85.1 Å². The molecule has 66 valence electrons. The molecule has 0 amide bonds. The first-order valence-corrected chi connectivity index (χ1v) is 4.83. The van der Waals surface area contributed by atoms with Gasteiger partial charge in [-0.3, -0.25) is 0 Å². The Kier molecular flexibility index (Phi) is 2.19. The van der Waals surface area contributed by atoms with E-state index in [1.54, 1.807) is 0 Å². The fraction of sp³-hybridized carbons (Fsp3) is 0.100. The fourth-order valence-corrected chi connectivity index (χ4v) is 1.62. The van der Waals surface area contributed by atoms with Gasteiger partial charge in [-0.1, -0.05) is 24.3 Å². The second-order valence-electron chi connectivity index (χ2n) is 2.90. The minimum Gasteiger partial charge on any atom is -0.333 e. The normalized spacial score (nSPS) is 10.3. The molecule has 1 heterocycles. The van der Waals surface area contributed by atoms with Gasteiger partial charge in [-0.15, -0.1) is 0 Å². The lowest BCUT2D eigenvalue weighted by Crippen LogP contribution is -1.81. The number of aromatic nitrogens is 2. The molecule has 0 radical (unpaired) electrons. The highest BCUT2D eigenvalue weighted by Crippen LogP contribution is 2.21.